The van der Waals surface area contributed by atoms with Crippen LogP contribution in [0.3, 0.4) is 0 Å². The second-order valence-corrected chi connectivity index (χ2v) is 8.73. The van der Waals surface area contributed by atoms with E-state index in [4.69, 9.17) is 19.3 Å². The fraction of sp³-hybridized carbons (Fsp3) is 0.321. The molecular formula is C28H32N4O5. The Morgan fingerprint density at radius 3 is 2.19 bits per heavy atom. The molecule has 37 heavy (non-hydrogen) atoms. The molecule has 0 spiro atoms. The molecular weight excluding hydrogens is 472 g/mol. The van der Waals surface area contributed by atoms with Gasteiger partial charge in [0.2, 0.25) is 0 Å². The van der Waals surface area contributed by atoms with Crippen molar-refractivity contribution in [1.29, 1.82) is 0 Å². The van der Waals surface area contributed by atoms with Crippen molar-refractivity contribution in [3.05, 3.63) is 83.7 Å². The second-order valence-electron chi connectivity index (χ2n) is 8.73. The lowest BCUT2D eigenvalue weighted by Crippen LogP contribution is -2.42. The van der Waals surface area contributed by atoms with Gasteiger partial charge in [-0.3, -0.25) is 9.59 Å². The van der Waals surface area contributed by atoms with Crippen LogP contribution in [0.1, 0.15) is 34.1 Å². The van der Waals surface area contributed by atoms with Crippen LogP contribution in [-0.4, -0.2) is 73.0 Å². The highest BCUT2D eigenvalue weighted by molar-refractivity contribution is 6.02. The molecule has 1 aliphatic heterocycles. The molecule has 1 unspecified atom stereocenters. The minimum atomic E-state index is -0.302. The number of carbonyl (C=O) groups is 2. The van der Waals surface area contributed by atoms with E-state index in [2.05, 4.69) is 0 Å². The summed E-state index contributed by atoms with van der Waals surface area (Å²) in [4.78, 5) is 28.5. The lowest BCUT2D eigenvalue weighted by molar-refractivity contribution is -0.133. The van der Waals surface area contributed by atoms with Crippen LogP contribution in [0.2, 0.25) is 0 Å². The number of rotatable bonds is 10. The number of aryl methyl sites for hydroxylation is 1. The van der Waals surface area contributed by atoms with Crippen molar-refractivity contribution in [3.63, 3.8) is 0 Å². The van der Waals surface area contributed by atoms with Crippen LogP contribution >= 0.6 is 0 Å². The van der Waals surface area contributed by atoms with Crippen molar-refractivity contribution in [1.82, 2.24) is 14.5 Å². The van der Waals surface area contributed by atoms with Crippen LogP contribution in [0, 0.1) is 0 Å². The van der Waals surface area contributed by atoms with Crippen LogP contribution in [0.15, 0.2) is 72.0 Å². The summed E-state index contributed by atoms with van der Waals surface area (Å²) in [5.74, 6) is 0.847. The number of benzene rings is 2. The van der Waals surface area contributed by atoms with Crippen LogP contribution < -0.4 is 9.47 Å². The van der Waals surface area contributed by atoms with Gasteiger partial charge in [0.25, 0.3) is 11.8 Å². The molecule has 0 radical (unpaired) electrons. The summed E-state index contributed by atoms with van der Waals surface area (Å²) >= 11 is 0. The number of ether oxygens (including phenoxy) is 3. The normalized spacial score (nSPS) is 14.9. The maximum atomic E-state index is 13.7. The van der Waals surface area contributed by atoms with Gasteiger partial charge in [-0.1, -0.05) is 12.1 Å². The molecule has 0 saturated heterocycles. The predicted molar refractivity (Wildman–Crippen MR) is 140 cm³/mol. The quantitative estimate of drug-likeness (QED) is 0.422. The molecule has 1 aromatic heterocycles. The molecule has 0 fully saturated rings. The topological polar surface area (TPSA) is 85.6 Å². The second kappa shape index (κ2) is 11.7. The highest BCUT2D eigenvalue weighted by atomic mass is 16.5. The zero-order valence-electron chi connectivity index (χ0n) is 21.6. The van der Waals surface area contributed by atoms with E-state index < -0.39 is 0 Å². The average molecular weight is 505 g/mol. The first-order valence-corrected chi connectivity index (χ1v) is 12.0. The van der Waals surface area contributed by atoms with Gasteiger partial charge in [0.05, 0.1) is 38.3 Å². The van der Waals surface area contributed by atoms with Gasteiger partial charge >= 0.3 is 0 Å². The third-order valence-corrected chi connectivity index (χ3v) is 6.42. The molecule has 0 bridgehead atoms. The van der Waals surface area contributed by atoms with Gasteiger partial charge in [-0.25, -0.2) is 5.01 Å². The summed E-state index contributed by atoms with van der Waals surface area (Å²) in [6, 6.07) is 18.1. The van der Waals surface area contributed by atoms with Gasteiger partial charge in [0, 0.05) is 38.9 Å². The number of nitrogens with zero attached hydrogens (tertiary/aromatic N) is 4. The fourth-order valence-corrected chi connectivity index (χ4v) is 4.35. The van der Waals surface area contributed by atoms with E-state index >= 15 is 0 Å². The van der Waals surface area contributed by atoms with Gasteiger partial charge in [0.1, 0.15) is 18.0 Å². The molecule has 2 aromatic carbocycles. The number of methoxy groups -OCH3 is 3. The molecule has 194 valence electrons. The molecule has 0 N–H and O–H groups in total. The fourth-order valence-electron chi connectivity index (χ4n) is 4.35. The number of hydrogen-bond donors (Lipinski definition) is 0. The van der Waals surface area contributed by atoms with Crippen molar-refractivity contribution in [2.24, 2.45) is 12.1 Å². The molecule has 2 heterocycles. The number of hydrogen-bond acceptors (Lipinski definition) is 6. The molecule has 0 saturated carbocycles. The molecule has 3 aromatic rings. The standard InChI is InChI=1S/C28H32N4O5/c1-30-15-5-6-25(30)24-18-26(20-7-11-22(36-3)12-8-20)32(29-24)27(33)19-31(16-17-35-2)28(34)21-9-13-23(37-4)14-10-21/h5-15,26H,16-19H2,1-4H3. The third kappa shape index (κ3) is 5.83. The first-order chi connectivity index (χ1) is 17.9. The lowest BCUT2D eigenvalue weighted by Gasteiger charge is -2.27. The minimum Gasteiger partial charge on any atom is -0.497 e. The maximum Gasteiger partial charge on any atom is 0.262 e. The SMILES string of the molecule is COCCN(CC(=O)N1N=C(c2cccn2C)CC1c1ccc(OC)cc1)C(=O)c1ccc(OC)cc1. The van der Waals surface area contributed by atoms with Crippen molar-refractivity contribution in [2.75, 3.05) is 41.0 Å². The number of hydrazone groups is 1. The van der Waals surface area contributed by atoms with Gasteiger partial charge in [-0.15, -0.1) is 0 Å². The highest BCUT2D eigenvalue weighted by Crippen LogP contribution is 2.34. The van der Waals surface area contributed by atoms with Crippen LogP contribution in [0.25, 0.3) is 0 Å². The summed E-state index contributed by atoms with van der Waals surface area (Å²) in [5, 5.41) is 6.25. The zero-order chi connectivity index (χ0) is 26.4. The van der Waals surface area contributed by atoms with Crippen molar-refractivity contribution in [2.45, 2.75) is 12.5 Å². The summed E-state index contributed by atoms with van der Waals surface area (Å²) in [6.07, 6.45) is 2.51. The molecule has 4 rings (SSSR count). The van der Waals surface area contributed by atoms with Gasteiger partial charge in [-0.2, -0.15) is 5.10 Å². The Morgan fingerprint density at radius 1 is 0.973 bits per heavy atom. The number of amides is 2. The van der Waals surface area contributed by atoms with Gasteiger partial charge in [0.15, 0.2) is 0 Å². The van der Waals surface area contributed by atoms with Crippen molar-refractivity contribution < 1.29 is 23.8 Å². The zero-order valence-corrected chi connectivity index (χ0v) is 21.6. The van der Waals surface area contributed by atoms with E-state index in [0.717, 1.165) is 22.7 Å². The first-order valence-electron chi connectivity index (χ1n) is 12.0. The summed E-state index contributed by atoms with van der Waals surface area (Å²) in [7, 11) is 6.70. The van der Waals surface area contributed by atoms with E-state index in [1.165, 1.54) is 9.91 Å². The average Bonchev–Trinajstić information content (AvgIpc) is 3.57. The first kappa shape index (κ1) is 26.0. The summed E-state index contributed by atoms with van der Waals surface area (Å²) in [6.45, 7) is 0.433. The van der Waals surface area contributed by atoms with Gasteiger partial charge < -0.3 is 23.7 Å². The molecule has 1 atom stereocenters. The summed E-state index contributed by atoms with van der Waals surface area (Å²) < 4.78 is 17.7. The Morgan fingerprint density at radius 2 is 1.62 bits per heavy atom. The Labute approximate surface area is 216 Å². The molecule has 2 amide bonds. The lowest BCUT2D eigenvalue weighted by atomic mass is 10.0. The van der Waals surface area contributed by atoms with Crippen LogP contribution in [0.4, 0.5) is 0 Å². The third-order valence-electron chi connectivity index (χ3n) is 6.42. The van der Waals surface area contributed by atoms with E-state index in [-0.39, 0.29) is 30.9 Å². The Balaban J connectivity index is 1.61. The van der Waals surface area contributed by atoms with E-state index in [0.29, 0.717) is 24.3 Å². The van der Waals surface area contributed by atoms with Crippen LogP contribution in [0.5, 0.6) is 11.5 Å². The number of carbonyl (C=O) groups excluding carboxylic acids is 2. The maximum absolute atomic E-state index is 13.7. The highest BCUT2D eigenvalue weighted by Gasteiger charge is 2.35. The Bertz CT molecular complexity index is 1250. The minimum absolute atomic E-state index is 0.134. The smallest absolute Gasteiger partial charge is 0.262 e. The monoisotopic (exact) mass is 504 g/mol. The Kier molecular flexibility index (Phi) is 8.25. The Hall–Kier alpha value is -4.11. The number of aromatic nitrogens is 1. The molecule has 9 heteroatoms. The molecule has 9 nitrogen and oxygen atoms in total. The van der Waals surface area contributed by atoms with E-state index in [9.17, 15) is 9.59 Å². The van der Waals surface area contributed by atoms with Crippen LogP contribution in [-0.2, 0) is 16.6 Å². The largest absolute Gasteiger partial charge is 0.497 e. The molecule has 0 aliphatic carbocycles. The molecule has 1 aliphatic rings. The van der Waals surface area contributed by atoms with Crippen molar-refractivity contribution in [3.8, 4) is 11.5 Å². The van der Waals surface area contributed by atoms with Gasteiger partial charge in [-0.05, 0) is 54.1 Å². The van der Waals surface area contributed by atoms with E-state index in [1.54, 1.807) is 45.6 Å². The van der Waals surface area contributed by atoms with Crippen molar-refractivity contribution >= 4 is 17.5 Å². The summed E-state index contributed by atoms with van der Waals surface area (Å²) in [5.41, 5.74) is 3.16. The predicted octanol–water partition coefficient (Wildman–Crippen LogP) is 3.51. The van der Waals surface area contributed by atoms with E-state index in [1.807, 2.05) is 54.2 Å².